The minimum Gasteiger partial charge on any atom is -0.506 e. The number of phenolic OH excluding ortho intramolecular Hbond substituents is 1. The van der Waals surface area contributed by atoms with Crippen molar-refractivity contribution in [3.8, 4) is 17.2 Å². The molecule has 2 aromatic heterocycles. The van der Waals surface area contributed by atoms with E-state index < -0.39 is 29.6 Å². The van der Waals surface area contributed by atoms with E-state index in [0.717, 1.165) is 41.9 Å². The van der Waals surface area contributed by atoms with Gasteiger partial charge < -0.3 is 20.0 Å². The smallest absolute Gasteiger partial charge is 0.437 e. The molecule has 2 aliphatic heterocycles. The summed E-state index contributed by atoms with van der Waals surface area (Å²) in [4.78, 5) is 32.6. The highest BCUT2D eigenvalue weighted by molar-refractivity contribution is 5.95. The number of benzene rings is 1. The van der Waals surface area contributed by atoms with Crippen LogP contribution in [0.25, 0.3) is 5.69 Å². The Morgan fingerprint density at radius 3 is 2.50 bits per heavy atom. The van der Waals surface area contributed by atoms with Crippen LogP contribution in [0.3, 0.4) is 0 Å². The van der Waals surface area contributed by atoms with Gasteiger partial charge in [0.25, 0.3) is 5.91 Å². The highest BCUT2D eigenvalue weighted by Gasteiger charge is 2.41. The molecule has 3 aliphatic rings. The van der Waals surface area contributed by atoms with E-state index in [9.17, 15) is 33.0 Å². The Hall–Kier alpha value is -4.35. The normalized spacial score (nSPS) is 18.7. The highest BCUT2D eigenvalue weighted by atomic mass is 19.4. The quantitative estimate of drug-likeness (QED) is 0.475. The predicted octanol–water partition coefficient (Wildman–Crippen LogP) is 3.89. The van der Waals surface area contributed by atoms with Gasteiger partial charge in [-0.1, -0.05) is 12.6 Å². The number of aromatic nitrogens is 3. The van der Waals surface area contributed by atoms with Crippen molar-refractivity contribution >= 4 is 11.8 Å². The summed E-state index contributed by atoms with van der Waals surface area (Å²) in [6, 6.07) is 5.68. The number of halogens is 3. The van der Waals surface area contributed by atoms with Gasteiger partial charge in [-0.05, 0) is 48.6 Å². The number of phenols is 1. The molecular weight excluding hydrogens is 527 g/mol. The monoisotopic (exact) mass is 553 g/mol. The van der Waals surface area contributed by atoms with Gasteiger partial charge in [0.05, 0.1) is 23.0 Å². The fourth-order valence-corrected chi connectivity index (χ4v) is 5.71. The number of hydrogen-bond acceptors (Lipinski definition) is 6. The number of carbonyl (C=O) groups is 2. The third-order valence-electron chi connectivity index (χ3n) is 7.82. The third kappa shape index (κ3) is 4.37. The molecule has 3 aromatic rings. The number of nitrogens with zero attached hydrogens (tertiary/aromatic N) is 5. The summed E-state index contributed by atoms with van der Waals surface area (Å²) in [5, 5.41) is 25.7. The van der Waals surface area contributed by atoms with Crippen LogP contribution < -0.4 is 0 Å². The van der Waals surface area contributed by atoms with Gasteiger partial charge in [0.2, 0.25) is 5.91 Å². The Morgan fingerprint density at radius 1 is 1.07 bits per heavy atom. The molecule has 12 heteroatoms. The Labute approximate surface area is 227 Å². The van der Waals surface area contributed by atoms with Crippen LogP contribution in [0.1, 0.15) is 63.4 Å². The van der Waals surface area contributed by atoms with Gasteiger partial charge in [0, 0.05) is 44.2 Å². The molecule has 6 rings (SSSR count). The van der Waals surface area contributed by atoms with Crippen molar-refractivity contribution in [1.29, 1.82) is 0 Å². The summed E-state index contributed by atoms with van der Waals surface area (Å²) in [6.45, 7) is 4.17. The predicted molar refractivity (Wildman–Crippen MR) is 136 cm³/mol. The van der Waals surface area contributed by atoms with E-state index in [0.29, 0.717) is 36.7 Å². The molecule has 1 saturated carbocycles. The molecule has 0 radical (unpaired) electrons. The van der Waals surface area contributed by atoms with Crippen LogP contribution in [0, 0.1) is 0 Å². The molecule has 1 aromatic carbocycles. The molecular formula is C28H26F3N5O4. The minimum atomic E-state index is -4.87. The van der Waals surface area contributed by atoms with Gasteiger partial charge in [-0.15, -0.1) is 0 Å². The average Bonchev–Trinajstić information content (AvgIpc) is 3.73. The van der Waals surface area contributed by atoms with Gasteiger partial charge >= 0.3 is 6.18 Å². The Bertz CT molecular complexity index is 1550. The zero-order chi connectivity index (χ0) is 28.3. The van der Waals surface area contributed by atoms with Crippen LogP contribution in [0.2, 0.25) is 0 Å². The maximum Gasteiger partial charge on any atom is 0.437 e. The third-order valence-corrected chi connectivity index (χ3v) is 7.82. The molecule has 2 amide bonds. The van der Waals surface area contributed by atoms with Crippen LogP contribution in [0.4, 0.5) is 13.2 Å². The topological polar surface area (TPSA) is 112 Å². The number of amides is 2. The fraction of sp³-hybridized carbons (Fsp3) is 0.357. The fourth-order valence-electron chi connectivity index (χ4n) is 5.71. The van der Waals surface area contributed by atoms with E-state index in [1.807, 2.05) is 12.1 Å². The molecule has 1 fully saturated rings. The van der Waals surface area contributed by atoms with E-state index in [1.165, 1.54) is 11.0 Å². The van der Waals surface area contributed by atoms with Crippen LogP contribution in [0.15, 0.2) is 43.1 Å². The van der Waals surface area contributed by atoms with Gasteiger partial charge in [-0.25, -0.2) is 9.67 Å². The second-order valence-corrected chi connectivity index (χ2v) is 10.3. The summed E-state index contributed by atoms with van der Waals surface area (Å²) in [5.74, 6) is -1.53. The Balaban J connectivity index is 1.40. The lowest BCUT2D eigenvalue weighted by molar-refractivity contribution is -0.142. The van der Waals surface area contributed by atoms with Crippen LogP contribution in [-0.2, 0) is 23.8 Å². The van der Waals surface area contributed by atoms with E-state index in [1.54, 1.807) is 15.6 Å². The molecule has 1 aliphatic carbocycles. The van der Waals surface area contributed by atoms with Crippen molar-refractivity contribution in [2.45, 2.75) is 43.8 Å². The molecule has 1 atom stereocenters. The van der Waals surface area contributed by atoms with Crippen molar-refractivity contribution < 1.29 is 33.0 Å². The number of hydrogen-bond donors (Lipinski definition) is 2. The maximum absolute atomic E-state index is 13.6. The average molecular weight is 554 g/mol. The number of alkyl halides is 3. The van der Waals surface area contributed by atoms with Crippen molar-refractivity contribution in [1.82, 2.24) is 24.6 Å². The zero-order valence-electron chi connectivity index (χ0n) is 21.4. The van der Waals surface area contributed by atoms with Gasteiger partial charge in [-0.2, -0.15) is 18.3 Å². The number of carbonyl (C=O) groups excluding carboxylic acids is 2. The number of aromatic hydroxyl groups is 2. The lowest BCUT2D eigenvalue weighted by Gasteiger charge is -2.37. The van der Waals surface area contributed by atoms with Gasteiger partial charge in [-0.3, -0.25) is 9.59 Å². The largest absolute Gasteiger partial charge is 0.506 e. The molecule has 2 N–H and O–H groups in total. The standard InChI is InChI=1S/C28H26F3N5O4/c1-2-24(39)34-9-7-18-25-20(36(33-18)19-6-5-16(11-22(19)37)15-3-4-15)8-10-35(21(25)14-34)27(40)17-12-23(38)26(32-13-17)28(29,30)31/h2,5-6,11-13,15,21,37-38H,1,3-4,7-10,14H2/t21-/m0/s1. The number of pyridine rings is 1. The molecule has 4 heterocycles. The summed E-state index contributed by atoms with van der Waals surface area (Å²) >= 11 is 0. The molecule has 0 spiro atoms. The highest BCUT2D eigenvalue weighted by Crippen LogP contribution is 2.43. The van der Waals surface area contributed by atoms with Gasteiger partial charge in [0.15, 0.2) is 5.69 Å². The van der Waals surface area contributed by atoms with Crippen molar-refractivity contribution in [2.24, 2.45) is 0 Å². The maximum atomic E-state index is 13.6. The second kappa shape index (κ2) is 9.39. The summed E-state index contributed by atoms with van der Waals surface area (Å²) in [5.41, 5.74) is 2.11. The van der Waals surface area contributed by atoms with E-state index in [4.69, 9.17) is 5.10 Å². The van der Waals surface area contributed by atoms with E-state index in [-0.39, 0.29) is 30.3 Å². The lowest BCUT2D eigenvalue weighted by atomic mass is 9.94. The molecule has 0 saturated heterocycles. The molecule has 40 heavy (non-hydrogen) atoms. The molecule has 0 unspecified atom stereocenters. The molecule has 0 bridgehead atoms. The first-order valence-corrected chi connectivity index (χ1v) is 13.0. The summed E-state index contributed by atoms with van der Waals surface area (Å²) < 4.78 is 41.0. The minimum absolute atomic E-state index is 0.100. The van der Waals surface area contributed by atoms with Crippen molar-refractivity contribution in [3.63, 3.8) is 0 Å². The second-order valence-electron chi connectivity index (χ2n) is 10.3. The summed E-state index contributed by atoms with van der Waals surface area (Å²) in [6.07, 6.45) is 0.0607. The van der Waals surface area contributed by atoms with E-state index in [2.05, 4.69) is 11.6 Å². The Morgan fingerprint density at radius 2 is 1.85 bits per heavy atom. The van der Waals surface area contributed by atoms with Crippen molar-refractivity contribution in [3.05, 3.63) is 76.9 Å². The van der Waals surface area contributed by atoms with Crippen LogP contribution in [0.5, 0.6) is 11.5 Å². The first-order valence-electron chi connectivity index (χ1n) is 13.0. The number of rotatable bonds is 4. The van der Waals surface area contributed by atoms with Crippen LogP contribution in [-0.4, -0.2) is 66.2 Å². The first kappa shape index (κ1) is 25.9. The first-order chi connectivity index (χ1) is 19.1. The van der Waals surface area contributed by atoms with Crippen molar-refractivity contribution in [2.75, 3.05) is 19.6 Å². The van der Waals surface area contributed by atoms with Gasteiger partial charge in [0.1, 0.15) is 17.2 Å². The lowest BCUT2D eigenvalue weighted by Crippen LogP contribution is -2.45. The Kier molecular flexibility index (Phi) is 6.08. The van der Waals surface area contributed by atoms with Crippen LogP contribution >= 0.6 is 0 Å². The zero-order valence-corrected chi connectivity index (χ0v) is 21.4. The van der Waals surface area contributed by atoms with E-state index >= 15 is 0 Å². The SMILES string of the molecule is C=CC(=O)N1CCc2nn(-c3ccc(C4CC4)cc3O)c3c2[C@H](C1)N(C(=O)c1cnc(C(F)(F)F)c(O)c1)CC3. The molecule has 208 valence electrons. The summed E-state index contributed by atoms with van der Waals surface area (Å²) in [7, 11) is 0. The molecule has 9 nitrogen and oxygen atoms in total.